The fourth-order valence-corrected chi connectivity index (χ4v) is 2.97. The molecule has 0 atom stereocenters. The lowest BCUT2D eigenvalue weighted by Crippen LogP contribution is -2.21. The molecule has 0 spiro atoms. The first kappa shape index (κ1) is 14.6. The van der Waals surface area contributed by atoms with Gasteiger partial charge in [-0.25, -0.2) is 4.98 Å². The number of aryl methyl sites for hydroxylation is 1. The molecule has 0 N–H and O–H groups in total. The van der Waals surface area contributed by atoms with E-state index < -0.39 is 0 Å². The highest BCUT2D eigenvalue weighted by Gasteiger charge is 2.12. The van der Waals surface area contributed by atoms with Crippen LogP contribution in [0.3, 0.4) is 0 Å². The zero-order chi connectivity index (χ0) is 16.8. The molecule has 3 heterocycles. The Labute approximate surface area is 138 Å². The maximum Gasteiger partial charge on any atom is 0.266 e. The van der Waals surface area contributed by atoms with Crippen molar-refractivity contribution < 1.29 is 0 Å². The van der Waals surface area contributed by atoms with Crippen LogP contribution < -0.4 is 5.56 Å². The maximum atomic E-state index is 13.0. The van der Waals surface area contributed by atoms with Gasteiger partial charge < -0.3 is 0 Å². The fraction of sp³-hybridized carbons (Fsp3) is 0.222. The van der Waals surface area contributed by atoms with Gasteiger partial charge in [0.1, 0.15) is 6.33 Å². The topological polar surface area (TPSA) is 65.1 Å². The van der Waals surface area contributed by atoms with Gasteiger partial charge in [0.15, 0.2) is 0 Å². The van der Waals surface area contributed by atoms with E-state index in [9.17, 15) is 4.79 Å². The molecule has 0 unspecified atom stereocenters. The number of fused-ring (bicyclic) bond motifs is 3. The first-order valence-electron chi connectivity index (χ1n) is 7.87. The number of hydrogen-bond donors (Lipinski definition) is 0. The van der Waals surface area contributed by atoms with Gasteiger partial charge in [-0.3, -0.25) is 9.36 Å². The zero-order valence-corrected chi connectivity index (χ0v) is 13.8. The summed E-state index contributed by atoms with van der Waals surface area (Å²) in [4.78, 5) is 21.3. The Hall–Kier alpha value is -3.02. The van der Waals surface area contributed by atoms with Gasteiger partial charge in [0.05, 0.1) is 10.9 Å². The second-order valence-electron chi connectivity index (χ2n) is 6.20. The Morgan fingerprint density at radius 1 is 1.08 bits per heavy atom. The summed E-state index contributed by atoms with van der Waals surface area (Å²) in [5.74, 6) is 0.943. The van der Waals surface area contributed by atoms with E-state index in [1.54, 1.807) is 15.3 Å². The molecular formula is C18H17N5O. The van der Waals surface area contributed by atoms with Crippen LogP contribution in [0.15, 0.2) is 47.7 Å². The number of hydrogen-bond acceptors (Lipinski definition) is 4. The summed E-state index contributed by atoms with van der Waals surface area (Å²) in [6.45, 7) is 6.22. The first-order chi connectivity index (χ1) is 11.6. The minimum Gasteiger partial charge on any atom is -0.281 e. The Morgan fingerprint density at radius 2 is 1.83 bits per heavy atom. The molecule has 0 fully saturated rings. The zero-order valence-electron chi connectivity index (χ0n) is 13.8. The van der Waals surface area contributed by atoms with E-state index in [1.807, 2.05) is 25.1 Å². The Balaban J connectivity index is 1.99. The third-order valence-electron chi connectivity index (χ3n) is 4.29. The van der Waals surface area contributed by atoms with Crippen molar-refractivity contribution in [3.8, 4) is 5.69 Å². The summed E-state index contributed by atoms with van der Waals surface area (Å²) in [7, 11) is 0. The van der Waals surface area contributed by atoms with Gasteiger partial charge in [-0.1, -0.05) is 26.0 Å². The quantitative estimate of drug-likeness (QED) is 0.570. The molecule has 0 bridgehead atoms. The molecule has 0 saturated heterocycles. The van der Waals surface area contributed by atoms with Crippen molar-refractivity contribution in [1.82, 2.24) is 24.1 Å². The largest absolute Gasteiger partial charge is 0.281 e. The lowest BCUT2D eigenvalue weighted by atomic mass is 10.0. The predicted molar refractivity (Wildman–Crippen MR) is 92.7 cm³/mol. The molecule has 4 aromatic rings. The van der Waals surface area contributed by atoms with E-state index in [4.69, 9.17) is 0 Å². The monoisotopic (exact) mass is 319 g/mol. The highest BCUT2D eigenvalue weighted by atomic mass is 16.1. The van der Waals surface area contributed by atoms with Gasteiger partial charge in [-0.2, -0.15) is 14.6 Å². The molecule has 0 aliphatic heterocycles. The molecule has 0 aliphatic rings. The highest BCUT2D eigenvalue weighted by Crippen LogP contribution is 2.19. The predicted octanol–water partition coefficient (Wildman–Crippen LogP) is 2.86. The van der Waals surface area contributed by atoms with Crippen LogP contribution in [0.5, 0.6) is 0 Å². The van der Waals surface area contributed by atoms with E-state index in [1.165, 1.54) is 11.9 Å². The summed E-state index contributed by atoms with van der Waals surface area (Å²) < 4.78 is 3.30. The summed E-state index contributed by atoms with van der Waals surface area (Å²) in [5.41, 5.74) is 3.55. The van der Waals surface area contributed by atoms with E-state index in [0.717, 1.165) is 16.9 Å². The number of pyridine rings is 1. The molecule has 24 heavy (non-hydrogen) atoms. The van der Waals surface area contributed by atoms with Crippen molar-refractivity contribution in [1.29, 1.82) is 0 Å². The molecule has 6 heteroatoms. The third kappa shape index (κ3) is 2.11. The molecule has 4 rings (SSSR count). The van der Waals surface area contributed by atoms with Crippen LogP contribution in [-0.2, 0) is 0 Å². The summed E-state index contributed by atoms with van der Waals surface area (Å²) in [6.07, 6.45) is 3.01. The van der Waals surface area contributed by atoms with Crippen LogP contribution in [0.4, 0.5) is 0 Å². The van der Waals surface area contributed by atoms with E-state index in [0.29, 0.717) is 17.1 Å². The highest BCUT2D eigenvalue weighted by molar-refractivity contribution is 5.79. The van der Waals surface area contributed by atoms with Gasteiger partial charge in [0.2, 0.25) is 0 Å². The van der Waals surface area contributed by atoms with E-state index in [2.05, 4.69) is 41.0 Å². The second kappa shape index (κ2) is 5.26. The molecule has 3 aromatic heterocycles. The minimum absolute atomic E-state index is 0.104. The average molecular weight is 319 g/mol. The number of rotatable bonds is 2. The fourth-order valence-electron chi connectivity index (χ4n) is 2.97. The number of nitrogens with zero attached hydrogens (tertiary/aromatic N) is 5. The normalized spacial score (nSPS) is 11.7. The SMILES string of the molecule is Cc1cc2c(cnc3ncnn32)c(=O)n1-c1ccc(C(C)C)cc1. The number of benzene rings is 1. The van der Waals surface area contributed by atoms with Crippen LogP contribution in [-0.4, -0.2) is 24.1 Å². The Morgan fingerprint density at radius 3 is 2.54 bits per heavy atom. The lowest BCUT2D eigenvalue weighted by Gasteiger charge is -2.13. The van der Waals surface area contributed by atoms with E-state index in [-0.39, 0.29) is 5.56 Å². The van der Waals surface area contributed by atoms with Crippen molar-refractivity contribution >= 4 is 16.7 Å². The molecular weight excluding hydrogens is 302 g/mol. The second-order valence-corrected chi connectivity index (χ2v) is 6.20. The smallest absolute Gasteiger partial charge is 0.266 e. The average Bonchev–Trinajstić information content (AvgIpc) is 3.04. The van der Waals surface area contributed by atoms with E-state index >= 15 is 0 Å². The van der Waals surface area contributed by atoms with Crippen LogP contribution in [0.25, 0.3) is 22.4 Å². The third-order valence-corrected chi connectivity index (χ3v) is 4.29. The molecule has 0 saturated carbocycles. The molecule has 0 radical (unpaired) electrons. The molecule has 6 nitrogen and oxygen atoms in total. The van der Waals surface area contributed by atoms with Gasteiger partial charge in [0.25, 0.3) is 11.3 Å². The van der Waals surface area contributed by atoms with Crippen molar-refractivity contribution in [2.45, 2.75) is 26.7 Å². The van der Waals surface area contributed by atoms with Crippen molar-refractivity contribution in [3.63, 3.8) is 0 Å². The molecule has 1 aromatic carbocycles. The standard InChI is InChI=1S/C18H17N5O/c1-11(2)13-4-6-14(7-5-13)22-12(3)8-16-15(17(22)24)9-19-18-20-10-21-23(16)18/h4-11H,1-3H3. The van der Waals surface area contributed by atoms with Gasteiger partial charge in [-0.05, 0) is 36.6 Å². The maximum absolute atomic E-state index is 13.0. The summed E-state index contributed by atoms with van der Waals surface area (Å²) in [5, 5.41) is 4.68. The first-order valence-corrected chi connectivity index (χ1v) is 7.87. The van der Waals surface area contributed by atoms with Crippen molar-refractivity contribution in [2.24, 2.45) is 0 Å². The van der Waals surface area contributed by atoms with Gasteiger partial charge in [-0.15, -0.1) is 0 Å². The van der Waals surface area contributed by atoms with Crippen LogP contribution in [0.1, 0.15) is 31.0 Å². The lowest BCUT2D eigenvalue weighted by molar-refractivity contribution is 0.862. The summed E-state index contributed by atoms with van der Waals surface area (Å²) >= 11 is 0. The minimum atomic E-state index is -0.104. The van der Waals surface area contributed by atoms with Crippen LogP contribution >= 0.6 is 0 Å². The van der Waals surface area contributed by atoms with Crippen molar-refractivity contribution in [3.05, 3.63) is 64.5 Å². The summed E-state index contributed by atoms with van der Waals surface area (Å²) in [6, 6.07) is 10.0. The molecule has 0 amide bonds. The number of aromatic nitrogens is 5. The van der Waals surface area contributed by atoms with Crippen LogP contribution in [0, 0.1) is 6.92 Å². The Bertz CT molecular complexity index is 1110. The van der Waals surface area contributed by atoms with Crippen LogP contribution in [0.2, 0.25) is 0 Å². The Kier molecular flexibility index (Phi) is 3.19. The van der Waals surface area contributed by atoms with Gasteiger partial charge >= 0.3 is 0 Å². The van der Waals surface area contributed by atoms with Gasteiger partial charge in [0, 0.05) is 17.6 Å². The van der Waals surface area contributed by atoms with Crippen molar-refractivity contribution in [2.75, 3.05) is 0 Å². The molecule has 0 aliphatic carbocycles. The molecule has 120 valence electrons.